The number of hydrogen-bond acceptors (Lipinski definition) is 5. The molecule has 0 atom stereocenters. The normalized spacial score (nSPS) is 12.4. The van der Waals surface area contributed by atoms with E-state index in [4.69, 9.17) is 4.74 Å². The molecule has 0 saturated heterocycles. The highest BCUT2D eigenvalue weighted by Crippen LogP contribution is 2.14. The summed E-state index contributed by atoms with van der Waals surface area (Å²) >= 11 is 1.19. The lowest BCUT2D eigenvalue weighted by Crippen LogP contribution is -2.42. The molecule has 9 heteroatoms. The number of rotatable bonds is 8. The Morgan fingerprint density at radius 3 is 2.70 bits per heavy atom. The van der Waals surface area contributed by atoms with Crippen LogP contribution in [0.5, 0.6) is 0 Å². The van der Waals surface area contributed by atoms with E-state index in [0.29, 0.717) is 29.9 Å². The van der Waals surface area contributed by atoms with Crippen molar-refractivity contribution >= 4 is 27.3 Å². The van der Waals surface area contributed by atoms with E-state index < -0.39 is 10.0 Å². The summed E-state index contributed by atoms with van der Waals surface area (Å²) in [7, 11) is -0.121. The third-order valence-corrected chi connectivity index (χ3v) is 5.15. The average molecular weight is 320 g/mol. The molecule has 1 aromatic rings. The molecule has 1 aromatic heterocycles. The van der Waals surface area contributed by atoms with E-state index in [2.05, 4.69) is 20.3 Å². The lowest BCUT2D eigenvalue weighted by Gasteiger charge is -2.11. The Morgan fingerprint density at radius 1 is 1.35 bits per heavy atom. The van der Waals surface area contributed by atoms with Crippen LogP contribution in [0.1, 0.15) is 0 Å². The van der Waals surface area contributed by atoms with E-state index >= 15 is 0 Å². The molecule has 20 heavy (non-hydrogen) atoms. The van der Waals surface area contributed by atoms with Crippen LogP contribution in [-0.2, 0) is 14.8 Å². The van der Waals surface area contributed by atoms with Gasteiger partial charge < -0.3 is 15.4 Å². The van der Waals surface area contributed by atoms with Crippen molar-refractivity contribution in [3.05, 3.63) is 17.5 Å². The van der Waals surface area contributed by atoms with E-state index in [1.54, 1.807) is 31.7 Å². The molecular formula is C11H20N4O3S2. The maximum absolute atomic E-state index is 11.8. The van der Waals surface area contributed by atoms with Gasteiger partial charge in [-0.05, 0) is 11.4 Å². The highest BCUT2D eigenvalue weighted by Gasteiger charge is 2.13. The zero-order chi connectivity index (χ0) is 14.8. The van der Waals surface area contributed by atoms with Crippen LogP contribution in [0.25, 0.3) is 0 Å². The van der Waals surface area contributed by atoms with Crippen LogP contribution in [0.2, 0.25) is 0 Å². The Bertz CT molecular complexity index is 500. The van der Waals surface area contributed by atoms with Gasteiger partial charge in [0.25, 0.3) is 0 Å². The third kappa shape index (κ3) is 5.87. The largest absolute Gasteiger partial charge is 0.383 e. The van der Waals surface area contributed by atoms with Crippen LogP contribution in [0.4, 0.5) is 0 Å². The smallest absolute Gasteiger partial charge is 0.250 e. The Balaban J connectivity index is 2.27. The van der Waals surface area contributed by atoms with E-state index in [0.717, 1.165) is 0 Å². The van der Waals surface area contributed by atoms with Gasteiger partial charge in [-0.25, -0.2) is 13.1 Å². The Kier molecular flexibility index (Phi) is 7.52. The first-order valence-electron chi connectivity index (χ1n) is 6.07. The number of sulfonamides is 1. The maximum atomic E-state index is 11.8. The molecule has 7 nitrogen and oxygen atoms in total. The maximum Gasteiger partial charge on any atom is 0.250 e. The van der Waals surface area contributed by atoms with Crippen LogP contribution in [0.3, 0.4) is 0 Å². The Labute approximate surface area is 123 Å². The number of nitrogens with zero attached hydrogens (tertiary/aromatic N) is 1. The van der Waals surface area contributed by atoms with Gasteiger partial charge in [-0.15, -0.1) is 11.3 Å². The van der Waals surface area contributed by atoms with Crippen LogP contribution in [-0.4, -0.2) is 54.8 Å². The Morgan fingerprint density at radius 2 is 2.10 bits per heavy atom. The molecule has 1 rings (SSSR count). The molecule has 0 spiro atoms. The second-order valence-corrected chi connectivity index (χ2v) is 6.69. The number of nitrogens with one attached hydrogen (secondary N) is 3. The molecule has 0 radical (unpaired) electrons. The zero-order valence-corrected chi connectivity index (χ0v) is 13.2. The van der Waals surface area contributed by atoms with Crippen molar-refractivity contribution in [2.45, 2.75) is 4.21 Å². The SMILES string of the molecule is CN=C(NCCNS(=O)(=O)c1cccs1)NCCOC. The van der Waals surface area contributed by atoms with E-state index in [-0.39, 0.29) is 6.54 Å². The van der Waals surface area contributed by atoms with Gasteiger partial charge in [-0.2, -0.15) is 0 Å². The van der Waals surface area contributed by atoms with E-state index in [1.807, 2.05) is 0 Å². The summed E-state index contributed by atoms with van der Waals surface area (Å²) in [5.41, 5.74) is 0. The molecule has 1 heterocycles. The standard InChI is InChI=1S/C11H20N4O3S2/c1-12-11(14-7-8-18-2)13-5-6-15-20(16,17)10-4-3-9-19-10/h3-4,9,15H,5-8H2,1-2H3,(H2,12,13,14). The third-order valence-electron chi connectivity index (χ3n) is 2.29. The monoisotopic (exact) mass is 320 g/mol. The molecule has 0 unspecified atom stereocenters. The van der Waals surface area contributed by atoms with Gasteiger partial charge in [0, 0.05) is 33.8 Å². The highest BCUT2D eigenvalue weighted by molar-refractivity contribution is 7.91. The number of aliphatic imine (C=N–C) groups is 1. The summed E-state index contributed by atoms with van der Waals surface area (Å²) in [4.78, 5) is 4.01. The first-order chi connectivity index (χ1) is 9.60. The predicted molar refractivity (Wildman–Crippen MR) is 80.7 cm³/mol. The molecule has 114 valence electrons. The van der Waals surface area contributed by atoms with Gasteiger partial charge in [0.15, 0.2) is 5.96 Å². The van der Waals surface area contributed by atoms with Crippen LogP contribution in [0.15, 0.2) is 26.7 Å². The molecular weight excluding hydrogens is 300 g/mol. The molecule has 0 aliphatic carbocycles. The first kappa shape index (κ1) is 16.9. The lowest BCUT2D eigenvalue weighted by molar-refractivity contribution is 0.203. The fourth-order valence-corrected chi connectivity index (χ4v) is 3.42. The van der Waals surface area contributed by atoms with Gasteiger partial charge in [0.05, 0.1) is 6.61 Å². The van der Waals surface area contributed by atoms with Crippen molar-refractivity contribution in [3.8, 4) is 0 Å². The van der Waals surface area contributed by atoms with Crippen molar-refractivity contribution < 1.29 is 13.2 Å². The molecule has 0 aromatic carbocycles. The number of ether oxygens (including phenoxy) is 1. The van der Waals surface area contributed by atoms with Gasteiger partial charge in [0.1, 0.15) is 4.21 Å². The van der Waals surface area contributed by atoms with Crippen LogP contribution < -0.4 is 15.4 Å². The summed E-state index contributed by atoms with van der Waals surface area (Å²) in [5.74, 6) is 0.609. The molecule has 0 aliphatic heterocycles. The molecule has 0 saturated carbocycles. The quantitative estimate of drug-likeness (QED) is 0.352. The van der Waals surface area contributed by atoms with Crippen molar-refractivity contribution in [2.24, 2.45) is 4.99 Å². The highest BCUT2D eigenvalue weighted by atomic mass is 32.2. The number of hydrogen-bond donors (Lipinski definition) is 3. The van der Waals surface area contributed by atoms with Crippen molar-refractivity contribution in [1.82, 2.24) is 15.4 Å². The second-order valence-electron chi connectivity index (χ2n) is 3.75. The fourth-order valence-electron chi connectivity index (χ4n) is 1.35. The number of guanidine groups is 1. The predicted octanol–water partition coefficient (Wildman–Crippen LogP) is -0.162. The second kappa shape index (κ2) is 8.90. The van der Waals surface area contributed by atoms with Crippen molar-refractivity contribution in [2.75, 3.05) is 40.4 Å². The molecule has 0 fully saturated rings. The summed E-state index contributed by atoms with van der Waals surface area (Å²) in [6.07, 6.45) is 0. The Hall–Kier alpha value is -1.16. The van der Waals surface area contributed by atoms with Crippen molar-refractivity contribution in [1.29, 1.82) is 0 Å². The van der Waals surface area contributed by atoms with Crippen LogP contribution >= 0.6 is 11.3 Å². The van der Waals surface area contributed by atoms with E-state index in [9.17, 15) is 8.42 Å². The number of methoxy groups -OCH3 is 1. The molecule has 3 N–H and O–H groups in total. The van der Waals surface area contributed by atoms with Gasteiger partial charge in [0.2, 0.25) is 10.0 Å². The van der Waals surface area contributed by atoms with Gasteiger partial charge in [-0.1, -0.05) is 6.07 Å². The molecule has 0 bridgehead atoms. The summed E-state index contributed by atoms with van der Waals surface area (Å²) < 4.78 is 31.4. The minimum atomic E-state index is -3.39. The lowest BCUT2D eigenvalue weighted by atomic mass is 10.6. The van der Waals surface area contributed by atoms with E-state index in [1.165, 1.54) is 11.3 Å². The average Bonchev–Trinajstić information content (AvgIpc) is 2.96. The molecule has 0 amide bonds. The zero-order valence-electron chi connectivity index (χ0n) is 11.5. The summed E-state index contributed by atoms with van der Waals surface area (Å²) in [6, 6.07) is 3.28. The van der Waals surface area contributed by atoms with Gasteiger partial charge >= 0.3 is 0 Å². The molecule has 0 aliphatic rings. The number of thiophene rings is 1. The minimum absolute atomic E-state index is 0.283. The minimum Gasteiger partial charge on any atom is -0.383 e. The van der Waals surface area contributed by atoms with Crippen LogP contribution in [0, 0.1) is 0 Å². The first-order valence-corrected chi connectivity index (χ1v) is 8.43. The summed E-state index contributed by atoms with van der Waals surface area (Å²) in [5, 5.41) is 7.77. The fraction of sp³-hybridized carbons (Fsp3) is 0.545. The topological polar surface area (TPSA) is 91.8 Å². The van der Waals surface area contributed by atoms with Crippen molar-refractivity contribution in [3.63, 3.8) is 0 Å². The summed E-state index contributed by atoms with van der Waals surface area (Å²) in [6.45, 7) is 1.94. The van der Waals surface area contributed by atoms with Gasteiger partial charge in [-0.3, -0.25) is 4.99 Å².